The van der Waals surface area contributed by atoms with Crippen LogP contribution in [0.2, 0.25) is 5.15 Å². The number of aryl methyl sites for hydroxylation is 1. The second kappa shape index (κ2) is 6.51. The molecule has 6 nitrogen and oxygen atoms in total. The highest BCUT2D eigenvalue weighted by Gasteiger charge is 2.21. The molecule has 1 aromatic rings. The Bertz CT molecular complexity index is 485. The monoisotopic (exact) mass is 295 g/mol. The normalized spacial score (nSPS) is 12.3. The van der Waals surface area contributed by atoms with E-state index < -0.39 is 10.0 Å². The van der Waals surface area contributed by atoms with Crippen molar-refractivity contribution < 1.29 is 13.2 Å². The number of aromatic nitrogens is 2. The van der Waals surface area contributed by atoms with Crippen LogP contribution >= 0.6 is 11.6 Å². The van der Waals surface area contributed by atoms with E-state index in [4.69, 9.17) is 16.3 Å². The van der Waals surface area contributed by atoms with Crippen molar-refractivity contribution in [3.8, 4) is 0 Å². The van der Waals surface area contributed by atoms with Crippen LogP contribution in [0.3, 0.4) is 0 Å². The summed E-state index contributed by atoms with van der Waals surface area (Å²) in [7, 11) is -2.04. The minimum absolute atomic E-state index is 0.0885. The lowest BCUT2D eigenvalue weighted by Gasteiger charge is -2.07. The number of hydrogen-bond donors (Lipinski definition) is 1. The maximum Gasteiger partial charge on any atom is 0.261 e. The van der Waals surface area contributed by atoms with E-state index >= 15 is 0 Å². The first-order valence-corrected chi connectivity index (χ1v) is 7.45. The molecule has 0 radical (unpaired) electrons. The molecule has 1 aromatic heterocycles. The van der Waals surface area contributed by atoms with Crippen molar-refractivity contribution in [2.24, 2.45) is 13.0 Å². The smallest absolute Gasteiger partial charge is 0.261 e. The summed E-state index contributed by atoms with van der Waals surface area (Å²) in [5.41, 5.74) is 0. The highest BCUT2D eigenvalue weighted by molar-refractivity contribution is 7.89. The van der Waals surface area contributed by atoms with Crippen molar-refractivity contribution in [1.82, 2.24) is 14.3 Å². The van der Waals surface area contributed by atoms with E-state index in [9.17, 15) is 8.42 Å². The number of nitrogens with zero attached hydrogens (tertiary/aromatic N) is 2. The van der Waals surface area contributed by atoms with Gasteiger partial charge in [0.15, 0.2) is 0 Å². The van der Waals surface area contributed by atoms with Gasteiger partial charge in [-0.2, -0.15) is 0 Å². The van der Waals surface area contributed by atoms with Gasteiger partial charge in [-0.3, -0.25) is 0 Å². The number of imidazole rings is 1. The van der Waals surface area contributed by atoms with E-state index in [0.717, 1.165) is 0 Å². The van der Waals surface area contributed by atoms with Crippen LogP contribution in [0.15, 0.2) is 11.4 Å². The van der Waals surface area contributed by atoms with E-state index in [1.807, 2.05) is 13.8 Å². The van der Waals surface area contributed by atoms with Crippen molar-refractivity contribution in [3.05, 3.63) is 11.5 Å². The third-order valence-corrected chi connectivity index (χ3v) is 4.03. The predicted octanol–water partition coefficient (Wildman–Crippen LogP) is 1.02. The van der Waals surface area contributed by atoms with Crippen molar-refractivity contribution in [3.63, 3.8) is 0 Å². The Morgan fingerprint density at radius 1 is 1.56 bits per heavy atom. The molecule has 104 valence electrons. The predicted molar refractivity (Wildman–Crippen MR) is 69.1 cm³/mol. The fraction of sp³-hybridized carbons (Fsp3) is 0.700. The van der Waals surface area contributed by atoms with Gasteiger partial charge in [0.2, 0.25) is 5.03 Å². The van der Waals surface area contributed by atoms with Gasteiger partial charge in [-0.1, -0.05) is 25.4 Å². The summed E-state index contributed by atoms with van der Waals surface area (Å²) >= 11 is 5.82. The van der Waals surface area contributed by atoms with E-state index in [1.54, 1.807) is 7.05 Å². The molecule has 0 saturated carbocycles. The van der Waals surface area contributed by atoms with Crippen molar-refractivity contribution >= 4 is 21.6 Å². The van der Waals surface area contributed by atoms with E-state index in [1.165, 1.54) is 10.9 Å². The molecule has 0 atom stereocenters. The standard InChI is InChI=1S/C10H18ClN3O3S/c1-8(2)6-17-5-4-13-18(15,16)10-9(11)14(3)7-12-10/h7-8,13H,4-6H2,1-3H3. The lowest BCUT2D eigenvalue weighted by Crippen LogP contribution is -2.28. The fourth-order valence-electron chi connectivity index (χ4n) is 1.21. The Kier molecular flexibility index (Phi) is 5.58. The van der Waals surface area contributed by atoms with Gasteiger partial charge in [-0.15, -0.1) is 0 Å². The molecule has 0 unspecified atom stereocenters. The van der Waals surface area contributed by atoms with Crippen molar-refractivity contribution in [1.29, 1.82) is 0 Å². The summed E-state index contributed by atoms with van der Waals surface area (Å²) in [5, 5.41) is -0.0684. The van der Waals surface area contributed by atoms with Gasteiger partial charge < -0.3 is 9.30 Å². The topological polar surface area (TPSA) is 73.2 Å². The molecule has 0 saturated heterocycles. The number of sulfonamides is 1. The van der Waals surface area contributed by atoms with Gasteiger partial charge in [0.05, 0.1) is 12.9 Å². The minimum atomic E-state index is -3.66. The molecule has 0 aromatic carbocycles. The van der Waals surface area contributed by atoms with Crippen LogP contribution in [-0.2, 0) is 21.8 Å². The Balaban J connectivity index is 2.48. The zero-order valence-electron chi connectivity index (χ0n) is 10.7. The summed E-state index contributed by atoms with van der Waals surface area (Å²) in [6.45, 7) is 5.17. The zero-order valence-corrected chi connectivity index (χ0v) is 12.3. The second-order valence-corrected chi connectivity index (χ2v) is 6.36. The third-order valence-electron chi connectivity index (χ3n) is 2.08. The van der Waals surface area contributed by atoms with Crippen LogP contribution in [-0.4, -0.2) is 37.7 Å². The molecule has 0 aliphatic carbocycles. The number of ether oxygens (including phenoxy) is 1. The first kappa shape index (κ1) is 15.4. The van der Waals surface area contributed by atoms with Crippen LogP contribution < -0.4 is 4.72 Å². The first-order chi connectivity index (χ1) is 8.34. The summed E-state index contributed by atoms with van der Waals surface area (Å²) in [6, 6.07) is 0. The number of rotatable bonds is 7. The van der Waals surface area contributed by atoms with Crippen LogP contribution in [0.4, 0.5) is 0 Å². The van der Waals surface area contributed by atoms with Crippen LogP contribution in [0.1, 0.15) is 13.8 Å². The largest absolute Gasteiger partial charge is 0.380 e. The molecule has 1 N–H and O–H groups in total. The molecular weight excluding hydrogens is 278 g/mol. The Morgan fingerprint density at radius 3 is 2.72 bits per heavy atom. The Hall–Kier alpha value is -0.630. The highest BCUT2D eigenvalue weighted by atomic mass is 35.5. The lowest BCUT2D eigenvalue weighted by atomic mass is 10.2. The van der Waals surface area contributed by atoms with Crippen LogP contribution in [0.25, 0.3) is 0 Å². The molecule has 1 heterocycles. The van der Waals surface area contributed by atoms with Crippen molar-refractivity contribution in [2.75, 3.05) is 19.8 Å². The molecule has 0 aliphatic heterocycles. The molecular formula is C10H18ClN3O3S. The van der Waals surface area contributed by atoms with E-state index in [2.05, 4.69) is 9.71 Å². The maximum absolute atomic E-state index is 11.8. The lowest BCUT2D eigenvalue weighted by molar-refractivity contribution is 0.114. The highest BCUT2D eigenvalue weighted by Crippen LogP contribution is 2.17. The molecule has 1 rings (SSSR count). The molecule has 0 amide bonds. The van der Waals surface area contributed by atoms with E-state index in [0.29, 0.717) is 19.1 Å². The summed E-state index contributed by atoms with van der Waals surface area (Å²) in [4.78, 5) is 3.75. The second-order valence-electron chi connectivity index (χ2n) is 4.32. The van der Waals surface area contributed by atoms with Crippen LogP contribution in [0, 0.1) is 5.92 Å². The van der Waals surface area contributed by atoms with Gasteiger partial charge in [-0.05, 0) is 5.92 Å². The average Bonchev–Trinajstić information content (AvgIpc) is 2.59. The molecule has 0 spiro atoms. The molecule has 18 heavy (non-hydrogen) atoms. The third kappa shape index (κ3) is 4.24. The number of halogens is 1. The molecule has 0 bridgehead atoms. The quantitative estimate of drug-likeness (QED) is 0.762. The molecule has 8 heteroatoms. The van der Waals surface area contributed by atoms with Gasteiger partial charge in [-0.25, -0.2) is 18.1 Å². The average molecular weight is 296 g/mol. The summed E-state index contributed by atoms with van der Waals surface area (Å²) < 4.78 is 32.8. The van der Waals surface area contributed by atoms with E-state index in [-0.39, 0.29) is 16.7 Å². The van der Waals surface area contributed by atoms with Crippen LogP contribution in [0.5, 0.6) is 0 Å². The molecule has 0 fully saturated rings. The Labute approximate surface area is 112 Å². The van der Waals surface area contributed by atoms with Gasteiger partial charge in [0.1, 0.15) is 5.15 Å². The van der Waals surface area contributed by atoms with Gasteiger partial charge in [0.25, 0.3) is 10.0 Å². The fourth-order valence-corrected chi connectivity index (χ4v) is 2.65. The zero-order chi connectivity index (χ0) is 13.8. The molecule has 0 aliphatic rings. The minimum Gasteiger partial charge on any atom is -0.380 e. The summed E-state index contributed by atoms with van der Waals surface area (Å²) in [6.07, 6.45) is 1.35. The van der Waals surface area contributed by atoms with Gasteiger partial charge >= 0.3 is 0 Å². The first-order valence-electron chi connectivity index (χ1n) is 5.59. The number of hydrogen-bond acceptors (Lipinski definition) is 4. The summed E-state index contributed by atoms with van der Waals surface area (Å²) in [5.74, 6) is 0.423. The van der Waals surface area contributed by atoms with Gasteiger partial charge in [0, 0.05) is 20.2 Å². The van der Waals surface area contributed by atoms with Crippen molar-refractivity contribution in [2.45, 2.75) is 18.9 Å². The maximum atomic E-state index is 11.8. The number of nitrogens with one attached hydrogen (secondary N) is 1. The Morgan fingerprint density at radius 2 is 2.22 bits per heavy atom. The SMILES string of the molecule is CC(C)COCCNS(=O)(=O)c1ncn(C)c1Cl.